The molecule has 0 aliphatic carbocycles. The maximum Gasteiger partial charge on any atom is 0.267 e. The molecule has 4 rings (SSSR count). The van der Waals surface area contributed by atoms with Gasteiger partial charge in [0, 0.05) is 10.6 Å². The summed E-state index contributed by atoms with van der Waals surface area (Å²) in [5.74, 6) is 0.0154. The maximum atomic E-state index is 13.2. The molecule has 29 heavy (non-hydrogen) atoms. The van der Waals surface area contributed by atoms with E-state index in [1.54, 1.807) is 4.57 Å². The molecule has 0 atom stereocenters. The number of carbonyl (C=O) groups is 1. The van der Waals surface area contributed by atoms with E-state index in [4.69, 9.17) is 4.98 Å². The summed E-state index contributed by atoms with van der Waals surface area (Å²) in [5.41, 5.74) is 1.37. The molecule has 0 radical (unpaired) electrons. The number of aryl methyl sites for hydroxylation is 1. The standard InChI is InChI=1S/C22H19N3O2S2/c1-2-17-13-18-20(29-17)24-22(25(21(18)27)16-11-7-4-8-12-16)28-14-19(26)23-15-9-5-3-6-10-15/h3-13H,2,14H2,1H3,(H,23,26). The van der Waals surface area contributed by atoms with Crippen molar-refractivity contribution in [3.8, 4) is 5.69 Å². The minimum atomic E-state index is -0.143. The van der Waals surface area contributed by atoms with Crippen molar-refractivity contribution in [2.75, 3.05) is 11.1 Å². The molecule has 2 heterocycles. The maximum absolute atomic E-state index is 13.2. The van der Waals surface area contributed by atoms with Gasteiger partial charge in [-0.25, -0.2) is 4.98 Å². The summed E-state index contributed by atoms with van der Waals surface area (Å²) in [6.07, 6.45) is 0.855. The Hall–Kier alpha value is -2.90. The summed E-state index contributed by atoms with van der Waals surface area (Å²) in [6.45, 7) is 2.06. The van der Waals surface area contributed by atoms with Crippen LogP contribution in [0.5, 0.6) is 0 Å². The van der Waals surface area contributed by atoms with Crippen LogP contribution in [-0.4, -0.2) is 21.2 Å². The van der Waals surface area contributed by atoms with Gasteiger partial charge in [0.15, 0.2) is 5.16 Å². The fraction of sp³-hybridized carbons (Fsp3) is 0.136. The molecule has 146 valence electrons. The normalized spacial score (nSPS) is 10.9. The summed E-state index contributed by atoms with van der Waals surface area (Å²) in [7, 11) is 0. The van der Waals surface area contributed by atoms with Crippen molar-refractivity contribution < 1.29 is 4.79 Å². The molecule has 0 aliphatic rings. The molecule has 1 N–H and O–H groups in total. The fourth-order valence-corrected chi connectivity index (χ4v) is 4.76. The lowest BCUT2D eigenvalue weighted by atomic mass is 10.3. The molecule has 0 bridgehead atoms. The lowest BCUT2D eigenvalue weighted by Crippen LogP contribution is -2.22. The summed E-state index contributed by atoms with van der Waals surface area (Å²) >= 11 is 2.79. The highest BCUT2D eigenvalue weighted by molar-refractivity contribution is 7.99. The second-order valence-electron chi connectivity index (χ2n) is 6.36. The predicted octanol–water partition coefficient (Wildman–Crippen LogP) is 4.74. The first-order valence-corrected chi connectivity index (χ1v) is 11.0. The van der Waals surface area contributed by atoms with E-state index < -0.39 is 0 Å². The number of benzene rings is 2. The molecule has 0 aliphatic heterocycles. The number of para-hydroxylation sites is 2. The molecule has 4 aromatic rings. The van der Waals surface area contributed by atoms with Crippen molar-refractivity contribution in [2.24, 2.45) is 0 Å². The molecule has 0 spiro atoms. The molecule has 1 amide bonds. The average Bonchev–Trinajstić information content (AvgIpc) is 3.17. The number of thioether (sulfide) groups is 1. The Bertz CT molecular complexity index is 1200. The number of nitrogens with zero attached hydrogens (tertiary/aromatic N) is 2. The van der Waals surface area contributed by atoms with Crippen LogP contribution in [0.3, 0.4) is 0 Å². The van der Waals surface area contributed by atoms with E-state index in [1.807, 2.05) is 66.7 Å². The fourth-order valence-electron chi connectivity index (χ4n) is 2.94. The van der Waals surface area contributed by atoms with Crippen LogP contribution in [0.4, 0.5) is 5.69 Å². The van der Waals surface area contributed by atoms with Gasteiger partial charge in [0.1, 0.15) is 4.83 Å². The van der Waals surface area contributed by atoms with Gasteiger partial charge in [0.05, 0.1) is 16.8 Å². The van der Waals surface area contributed by atoms with E-state index in [0.717, 1.165) is 22.7 Å². The first kappa shape index (κ1) is 19.4. The highest BCUT2D eigenvalue weighted by Gasteiger charge is 2.16. The van der Waals surface area contributed by atoms with Gasteiger partial charge in [-0.2, -0.15) is 0 Å². The van der Waals surface area contributed by atoms with Gasteiger partial charge < -0.3 is 5.32 Å². The molecule has 0 unspecified atom stereocenters. The van der Waals surface area contributed by atoms with Gasteiger partial charge in [-0.1, -0.05) is 55.1 Å². The largest absolute Gasteiger partial charge is 0.325 e. The Morgan fingerprint density at radius 3 is 2.48 bits per heavy atom. The Labute approximate surface area is 176 Å². The highest BCUT2D eigenvalue weighted by atomic mass is 32.2. The minimum Gasteiger partial charge on any atom is -0.325 e. The highest BCUT2D eigenvalue weighted by Crippen LogP contribution is 2.26. The summed E-state index contributed by atoms with van der Waals surface area (Å²) in [5, 5.41) is 4.00. The number of thiophene rings is 1. The summed E-state index contributed by atoms with van der Waals surface area (Å²) in [4.78, 5) is 32.2. The number of aromatic nitrogens is 2. The second-order valence-corrected chi connectivity index (χ2v) is 8.42. The lowest BCUT2D eigenvalue weighted by Gasteiger charge is -2.12. The van der Waals surface area contributed by atoms with Crippen molar-refractivity contribution in [2.45, 2.75) is 18.5 Å². The molecule has 0 fully saturated rings. The van der Waals surface area contributed by atoms with E-state index >= 15 is 0 Å². The van der Waals surface area contributed by atoms with Crippen molar-refractivity contribution in [3.63, 3.8) is 0 Å². The van der Waals surface area contributed by atoms with Crippen LogP contribution in [0.1, 0.15) is 11.8 Å². The zero-order valence-corrected chi connectivity index (χ0v) is 17.4. The van der Waals surface area contributed by atoms with Gasteiger partial charge >= 0.3 is 0 Å². The van der Waals surface area contributed by atoms with Crippen molar-refractivity contribution >= 4 is 44.9 Å². The molecular weight excluding hydrogens is 402 g/mol. The van der Waals surface area contributed by atoms with E-state index in [2.05, 4.69) is 12.2 Å². The number of hydrogen-bond donors (Lipinski definition) is 1. The SMILES string of the molecule is CCc1cc2c(=O)n(-c3ccccc3)c(SCC(=O)Nc3ccccc3)nc2s1. The van der Waals surface area contributed by atoms with E-state index in [0.29, 0.717) is 15.4 Å². The number of hydrogen-bond acceptors (Lipinski definition) is 5. The minimum absolute atomic E-state index is 0.108. The van der Waals surface area contributed by atoms with Crippen LogP contribution in [0.2, 0.25) is 0 Å². The summed E-state index contributed by atoms with van der Waals surface area (Å²) in [6, 6.07) is 20.6. The molecule has 0 saturated carbocycles. The monoisotopic (exact) mass is 421 g/mol. The number of fused-ring (bicyclic) bond motifs is 1. The smallest absolute Gasteiger partial charge is 0.267 e. The Morgan fingerprint density at radius 2 is 1.79 bits per heavy atom. The number of carbonyl (C=O) groups excluding carboxylic acids is 1. The second kappa shape index (κ2) is 8.63. The van der Waals surface area contributed by atoms with Gasteiger partial charge in [-0.3, -0.25) is 14.2 Å². The number of rotatable bonds is 6. The van der Waals surface area contributed by atoms with Crippen LogP contribution >= 0.6 is 23.1 Å². The van der Waals surface area contributed by atoms with Crippen LogP contribution in [0.15, 0.2) is 76.7 Å². The topological polar surface area (TPSA) is 64.0 Å². The van der Waals surface area contributed by atoms with Gasteiger partial charge in [0.25, 0.3) is 5.56 Å². The average molecular weight is 422 g/mol. The zero-order valence-electron chi connectivity index (χ0n) is 15.8. The van der Waals surface area contributed by atoms with Gasteiger partial charge in [-0.15, -0.1) is 11.3 Å². The Morgan fingerprint density at radius 1 is 1.10 bits per heavy atom. The molecule has 2 aromatic carbocycles. The van der Waals surface area contributed by atoms with Crippen LogP contribution in [0.25, 0.3) is 15.9 Å². The van der Waals surface area contributed by atoms with E-state index in [1.165, 1.54) is 23.1 Å². The predicted molar refractivity (Wildman–Crippen MR) is 120 cm³/mol. The first-order chi connectivity index (χ1) is 14.2. The third-order valence-corrected chi connectivity index (χ3v) is 6.45. The quantitative estimate of drug-likeness (QED) is 0.361. The molecular formula is C22H19N3O2S2. The zero-order chi connectivity index (χ0) is 20.2. The Balaban J connectivity index is 1.68. The van der Waals surface area contributed by atoms with E-state index in [9.17, 15) is 9.59 Å². The van der Waals surface area contributed by atoms with Crippen molar-refractivity contribution in [1.82, 2.24) is 9.55 Å². The molecule has 7 heteroatoms. The lowest BCUT2D eigenvalue weighted by molar-refractivity contribution is -0.113. The number of nitrogens with one attached hydrogen (secondary N) is 1. The number of anilines is 1. The van der Waals surface area contributed by atoms with Crippen LogP contribution in [-0.2, 0) is 11.2 Å². The molecule has 0 saturated heterocycles. The third-order valence-electron chi connectivity index (χ3n) is 4.34. The summed E-state index contributed by atoms with van der Waals surface area (Å²) < 4.78 is 1.59. The van der Waals surface area contributed by atoms with Crippen molar-refractivity contribution in [3.05, 3.63) is 82.0 Å². The molecule has 2 aromatic heterocycles. The van der Waals surface area contributed by atoms with Gasteiger partial charge in [0.2, 0.25) is 5.91 Å². The van der Waals surface area contributed by atoms with Crippen LogP contribution in [0, 0.1) is 0 Å². The van der Waals surface area contributed by atoms with Gasteiger partial charge in [-0.05, 0) is 36.8 Å². The molecule has 5 nitrogen and oxygen atoms in total. The Kier molecular flexibility index (Phi) is 5.78. The van der Waals surface area contributed by atoms with E-state index in [-0.39, 0.29) is 17.2 Å². The van der Waals surface area contributed by atoms with Crippen molar-refractivity contribution in [1.29, 1.82) is 0 Å². The third kappa shape index (κ3) is 4.26. The van der Waals surface area contributed by atoms with Crippen LogP contribution < -0.4 is 10.9 Å². The first-order valence-electron chi connectivity index (χ1n) is 9.24. The number of amides is 1.